The number of para-hydroxylation sites is 1. The maximum absolute atomic E-state index is 13.9. The summed E-state index contributed by atoms with van der Waals surface area (Å²) in [5.74, 6) is 0.600. The summed E-state index contributed by atoms with van der Waals surface area (Å²) >= 11 is 0. The van der Waals surface area contributed by atoms with Crippen molar-refractivity contribution < 1.29 is 19.1 Å². The van der Waals surface area contributed by atoms with Crippen molar-refractivity contribution in [3.05, 3.63) is 54.6 Å². The second-order valence-electron chi connectivity index (χ2n) is 10.5. The zero-order chi connectivity index (χ0) is 26.5. The molecule has 2 aliphatic heterocycles. The van der Waals surface area contributed by atoms with Crippen molar-refractivity contribution in [2.24, 2.45) is 0 Å². The molecule has 1 spiro atoms. The molecule has 3 fully saturated rings. The minimum atomic E-state index is -0.774. The van der Waals surface area contributed by atoms with Gasteiger partial charge in [0.25, 0.3) is 5.91 Å². The summed E-state index contributed by atoms with van der Waals surface area (Å²) in [6.07, 6.45) is 6.51. The summed E-state index contributed by atoms with van der Waals surface area (Å²) < 4.78 is 5.18. The predicted molar refractivity (Wildman–Crippen MR) is 146 cm³/mol. The Morgan fingerprint density at radius 2 is 1.66 bits per heavy atom. The van der Waals surface area contributed by atoms with Crippen LogP contribution in [0.25, 0.3) is 0 Å². The number of hydrogen-bond donors (Lipinski definition) is 2. The highest BCUT2D eigenvalue weighted by Crippen LogP contribution is 2.39. The first-order chi connectivity index (χ1) is 18.5. The Morgan fingerprint density at radius 3 is 2.32 bits per heavy atom. The van der Waals surface area contributed by atoms with Crippen LogP contribution >= 0.6 is 0 Å². The lowest BCUT2D eigenvalue weighted by molar-refractivity contribution is -0.137. The van der Waals surface area contributed by atoms with E-state index in [1.165, 1.54) is 6.42 Å². The minimum Gasteiger partial charge on any atom is -0.497 e. The molecule has 202 valence electrons. The number of urea groups is 1. The number of hydrogen-bond acceptors (Lipinski definition) is 5. The Hall–Kier alpha value is -3.75. The second-order valence-corrected chi connectivity index (χ2v) is 10.5. The number of nitrogens with one attached hydrogen (secondary N) is 2. The Morgan fingerprint density at radius 1 is 0.974 bits per heavy atom. The number of methoxy groups -OCH3 is 1. The van der Waals surface area contributed by atoms with E-state index in [0.29, 0.717) is 38.3 Å². The molecule has 5 rings (SSSR count). The molecule has 3 aliphatic rings. The minimum absolute atomic E-state index is 0.0321. The number of amides is 4. The second kappa shape index (κ2) is 11.3. The maximum atomic E-state index is 13.9. The van der Waals surface area contributed by atoms with Gasteiger partial charge < -0.3 is 30.1 Å². The van der Waals surface area contributed by atoms with Gasteiger partial charge in [-0.15, -0.1) is 0 Å². The summed E-state index contributed by atoms with van der Waals surface area (Å²) in [6.45, 7) is 1.30. The highest BCUT2D eigenvalue weighted by molar-refractivity contribution is 5.97. The average Bonchev–Trinajstić information content (AvgIpc) is 3.20. The number of benzene rings is 2. The molecule has 0 atom stereocenters. The summed E-state index contributed by atoms with van der Waals surface area (Å²) in [5, 5.41) is 6.08. The van der Waals surface area contributed by atoms with Gasteiger partial charge in [-0.3, -0.25) is 9.59 Å². The van der Waals surface area contributed by atoms with Gasteiger partial charge in [-0.05, 0) is 62.1 Å². The van der Waals surface area contributed by atoms with E-state index in [1.807, 2.05) is 30.3 Å². The fraction of sp³-hybridized carbons (Fsp3) is 0.483. The van der Waals surface area contributed by atoms with Crippen molar-refractivity contribution in [2.45, 2.75) is 56.5 Å². The number of carbonyl (C=O) groups excluding carboxylic acids is 3. The average molecular weight is 520 g/mol. The van der Waals surface area contributed by atoms with Gasteiger partial charge in [0.1, 0.15) is 17.8 Å². The smallest absolute Gasteiger partial charge is 0.321 e. The van der Waals surface area contributed by atoms with Crippen LogP contribution in [0, 0.1) is 0 Å². The van der Waals surface area contributed by atoms with Crippen LogP contribution in [0.3, 0.4) is 0 Å². The van der Waals surface area contributed by atoms with Crippen LogP contribution in [-0.2, 0) is 9.59 Å². The number of likely N-dealkylation sites (tertiary alicyclic amines) is 1. The molecule has 0 unspecified atom stereocenters. The number of carbonyl (C=O) groups is 3. The molecule has 2 heterocycles. The van der Waals surface area contributed by atoms with Gasteiger partial charge in [0.2, 0.25) is 5.91 Å². The summed E-state index contributed by atoms with van der Waals surface area (Å²) in [7, 11) is 1.60. The van der Waals surface area contributed by atoms with Gasteiger partial charge in [0.15, 0.2) is 0 Å². The van der Waals surface area contributed by atoms with Crippen molar-refractivity contribution in [3.8, 4) is 5.75 Å². The van der Waals surface area contributed by atoms with E-state index in [-0.39, 0.29) is 30.4 Å². The lowest BCUT2D eigenvalue weighted by Gasteiger charge is -2.43. The van der Waals surface area contributed by atoms with Crippen LogP contribution in [-0.4, -0.2) is 72.6 Å². The van der Waals surface area contributed by atoms with Crippen LogP contribution in [0.2, 0.25) is 0 Å². The van der Waals surface area contributed by atoms with Crippen LogP contribution in [0.1, 0.15) is 44.9 Å². The van der Waals surface area contributed by atoms with Crippen LogP contribution in [0.5, 0.6) is 5.75 Å². The van der Waals surface area contributed by atoms with Gasteiger partial charge in [0, 0.05) is 30.5 Å². The molecule has 2 N–H and O–H groups in total. The lowest BCUT2D eigenvalue weighted by atomic mass is 9.85. The molecular formula is C29H37N5O4. The third-order valence-corrected chi connectivity index (χ3v) is 8.11. The topological polar surface area (TPSA) is 94.2 Å². The molecule has 2 saturated heterocycles. The standard InChI is InChI=1S/C29H37N5O4/c1-38-25-14-12-23(13-15-25)31-28(37)32-18-16-29(17-19-32)27(36)33(21-34(29)24-10-6-3-7-11-24)20-26(35)30-22-8-4-2-5-9-22/h3,6-7,10-15,22H,2,4-5,8-9,16-21H2,1H3,(H,30,35)(H,31,37). The maximum Gasteiger partial charge on any atom is 0.321 e. The first-order valence-electron chi connectivity index (χ1n) is 13.6. The molecule has 9 heteroatoms. The largest absolute Gasteiger partial charge is 0.497 e. The van der Waals surface area contributed by atoms with Gasteiger partial charge in [-0.1, -0.05) is 37.5 Å². The zero-order valence-corrected chi connectivity index (χ0v) is 22.0. The zero-order valence-electron chi connectivity index (χ0n) is 22.0. The monoisotopic (exact) mass is 519 g/mol. The molecule has 2 aromatic carbocycles. The Bertz CT molecular complexity index is 1130. The first-order valence-corrected chi connectivity index (χ1v) is 13.6. The Balaban J connectivity index is 1.26. The molecule has 0 bridgehead atoms. The van der Waals surface area contributed by atoms with Gasteiger partial charge in [0.05, 0.1) is 13.8 Å². The number of piperidine rings is 1. The summed E-state index contributed by atoms with van der Waals surface area (Å²) in [4.78, 5) is 45.3. The fourth-order valence-electron chi connectivity index (χ4n) is 5.97. The van der Waals surface area contributed by atoms with E-state index >= 15 is 0 Å². The molecule has 2 aromatic rings. The highest BCUT2D eigenvalue weighted by atomic mass is 16.5. The molecule has 4 amide bonds. The predicted octanol–water partition coefficient (Wildman–Crippen LogP) is 3.82. The first kappa shape index (κ1) is 25.9. The SMILES string of the molecule is COc1ccc(NC(=O)N2CCC3(CC2)C(=O)N(CC(=O)NC2CCCCC2)CN3c2ccccc2)cc1. The van der Waals surface area contributed by atoms with Crippen LogP contribution in [0.4, 0.5) is 16.2 Å². The van der Waals surface area contributed by atoms with E-state index in [1.54, 1.807) is 41.2 Å². The van der Waals surface area contributed by atoms with E-state index in [2.05, 4.69) is 15.5 Å². The normalized spacial score (nSPS) is 19.5. The van der Waals surface area contributed by atoms with E-state index in [9.17, 15) is 14.4 Å². The highest BCUT2D eigenvalue weighted by Gasteiger charge is 2.54. The summed E-state index contributed by atoms with van der Waals surface area (Å²) in [5.41, 5.74) is 0.866. The van der Waals surface area contributed by atoms with Crippen molar-refractivity contribution in [2.75, 3.05) is 43.6 Å². The molecule has 0 radical (unpaired) electrons. The van der Waals surface area contributed by atoms with Gasteiger partial charge in [-0.25, -0.2) is 4.79 Å². The van der Waals surface area contributed by atoms with Crippen molar-refractivity contribution in [3.63, 3.8) is 0 Å². The number of nitrogens with zero attached hydrogens (tertiary/aromatic N) is 3. The number of anilines is 2. The Labute approximate surface area is 224 Å². The van der Waals surface area contributed by atoms with Gasteiger partial charge >= 0.3 is 6.03 Å². The molecule has 1 saturated carbocycles. The molecule has 0 aromatic heterocycles. The third kappa shape index (κ3) is 5.42. The lowest BCUT2D eigenvalue weighted by Crippen LogP contribution is -2.58. The molecular weight excluding hydrogens is 482 g/mol. The van der Waals surface area contributed by atoms with E-state index < -0.39 is 5.54 Å². The van der Waals surface area contributed by atoms with E-state index in [0.717, 1.165) is 37.1 Å². The molecule has 9 nitrogen and oxygen atoms in total. The fourth-order valence-corrected chi connectivity index (χ4v) is 5.97. The third-order valence-electron chi connectivity index (χ3n) is 8.11. The van der Waals surface area contributed by atoms with Crippen molar-refractivity contribution in [1.29, 1.82) is 0 Å². The summed E-state index contributed by atoms with van der Waals surface area (Å²) in [6, 6.07) is 17.1. The quantitative estimate of drug-likeness (QED) is 0.605. The van der Waals surface area contributed by atoms with Gasteiger partial charge in [-0.2, -0.15) is 0 Å². The number of ether oxygens (including phenoxy) is 1. The molecule has 1 aliphatic carbocycles. The number of rotatable bonds is 6. The molecule has 38 heavy (non-hydrogen) atoms. The Kier molecular flexibility index (Phi) is 7.72. The van der Waals surface area contributed by atoms with Crippen molar-refractivity contribution in [1.82, 2.24) is 15.1 Å². The van der Waals surface area contributed by atoms with Crippen LogP contribution in [0.15, 0.2) is 54.6 Å². The van der Waals surface area contributed by atoms with E-state index in [4.69, 9.17) is 4.74 Å². The van der Waals surface area contributed by atoms with Crippen LogP contribution < -0.4 is 20.3 Å². The van der Waals surface area contributed by atoms with Crippen molar-refractivity contribution >= 4 is 29.2 Å².